The average Bonchev–Trinajstić information content (AvgIpc) is 2.00. The maximum absolute atomic E-state index is 11.0. The van der Waals surface area contributed by atoms with Crippen LogP contribution in [0, 0.1) is 0 Å². The first-order valence-electron chi connectivity index (χ1n) is 4.77. The molecule has 0 atom stereocenters. The zero-order valence-electron chi connectivity index (χ0n) is 9.75. The molecule has 0 aliphatic carbocycles. The molecule has 0 N–H and O–H groups in total. The number of hydrogen-bond donors (Lipinski definition) is 0. The topological polar surface area (TPSA) is 52.6 Å². The van der Waals surface area contributed by atoms with Crippen molar-refractivity contribution in [1.29, 1.82) is 0 Å². The van der Waals surface area contributed by atoms with E-state index in [1.807, 2.05) is 13.1 Å². The standard InChI is InChI=1S/C10H18O4Si/c1-8(2)10(12)13-6-7-15(4,5)14-9(3)11/h1,6-7H2,2-5H3. The number of rotatable bonds is 5. The molecule has 0 bridgehead atoms. The van der Waals surface area contributed by atoms with E-state index in [-0.39, 0.29) is 12.6 Å². The van der Waals surface area contributed by atoms with E-state index in [2.05, 4.69) is 6.58 Å². The fourth-order valence-electron chi connectivity index (χ4n) is 0.953. The molecule has 0 radical (unpaired) electrons. The molecule has 0 spiro atoms. The summed E-state index contributed by atoms with van der Waals surface area (Å²) < 4.78 is 10.1. The van der Waals surface area contributed by atoms with Crippen molar-refractivity contribution < 1.29 is 18.8 Å². The number of carbonyl (C=O) groups excluding carboxylic acids is 2. The molecule has 0 rings (SSSR count). The molecule has 0 aliphatic heterocycles. The molecular formula is C10H18O4Si. The largest absolute Gasteiger partial charge is 0.520 e. The Morgan fingerprint density at radius 3 is 2.20 bits per heavy atom. The molecule has 5 heteroatoms. The third kappa shape index (κ3) is 6.90. The van der Waals surface area contributed by atoms with Gasteiger partial charge < -0.3 is 9.16 Å². The third-order valence-electron chi connectivity index (χ3n) is 1.71. The summed E-state index contributed by atoms with van der Waals surface area (Å²) in [4.78, 5) is 21.8. The van der Waals surface area contributed by atoms with Crippen LogP contribution >= 0.6 is 0 Å². The Labute approximate surface area is 91.4 Å². The Morgan fingerprint density at radius 2 is 1.80 bits per heavy atom. The van der Waals surface area contributed by atoms with E-state index >= 15 is 0 Å². The molecular weight excluding hydrogens is 212 g/mol. The summed E-state index contributed by atoms with van der Waals surface area (Å²) in [6.07, 6.45) is 0. The molecule has 0 saturated heterocycles. The second kappa shape index (κ2) is 5.70. The van der Waals surface area contributed by atoms with Crippen molar-refractivity contribution in [2.75, 3.05) is 6.61 Å². The predicted octanol–water partition coefficient (Wildman–Crippen LogP) is 1.87. The fraction of sp³-hybridized carbons (Fsp3) is 0.600. The minimum Gasteiger partial charge on any atom is -0.520 e. The Morgan fingerprint density at radius 1 is 1.27 bits per heavy atom. The monoisotopic (exact) mass is 230 g/mol. The van der Waals surface area contributed by atoms with Crippen molar-refractivity contribution in [3.8, 4) is 0 Å². The fourth-order valence-corrected chi connectivity index (χ4v) is 2.43. The first-order chi connectivity index (χ1) is 6.74. The SMILES string of the molecule is C=C(C)C(=O)OCC[Si](C)(C)OC(C)=O. The Hall–Kier alpha value is -1.10. The van der Waals surface area contributed by atoms with Crippen molar-refractivity contribution in [2.24, 2.45) is 0 Å². The second-order valence-corrected chi connectivity index (χ2v) is 8.24. The van der Waals surface area contributed by atoms with Gasteiger partial charge in [0.05, 0.1) is 6.61 Å². The molecule has 0 saturated carbocycles. The zero-order chi connectivity index (χ0) is 12.1. The van der Waals surface area contributed by atoms with Gasteiger partial charge in [-0.1, -0.05) is 6.58 Å². The number of hydrogen-bond acceptors (Lipinski definition) is 4. The van der Waals surface area contributed by atoms with Crippen molar-refractivity contribution in [1.82, 2.24) is 0 Å². The van der Waals surface area contributed by atoms with Gasteiger partial charge in [-0.05, 0) is 20.0 Å². The molecule has 0 heterocycles. The summed E-state index contributed by atoms with van der Waals surface area (Å²) in [6, 6.07) is 0.603. The lowest BCUT2D eigenvalue weighted by Crippen LogP contribution is -2.34. The lowest BCUT2D eigenvalue weighted by atomic mass is 10.4. The van der Waals surface area contributed by atoms with Crippen LogP contribution in [0.15, 0.2) is 12.2 Å². The lowest BCUT2D eigenvalue weighted by molar-refractivity contribution is -0.138. The van der Waals surface area contributed by atoms with Crippen molar-refractivity contribution in [3.05, 3.63) is 12.2 Å². The molecule has 0 aromatic heterocycles. The quantitative estimate of drug-likeness (QED) is 0.411. The first kappa shape index (κ1) is 13.9. The van der Waals surface area contributed by atoms with Gasteiger partial charge >= 0.3 is 5.97 Å². The van der Waals surface area contributed by atoms with Crippen LogP contribution in [-0.2, 0) is 18.8 Å². The molecule has 86 valence electrons. The molecule has 4 nitrogen and oxygen atoms in total. The molecule has 0 unspecified atom stereocenters. The van der Waals surface area contributed by atoms with E-state index in [0.717, 1.165) is 0 Å². The summed E-state index contributed by atoms with van der Waals surface area (Å²) in [5.41, 5.74) is 0.377. The molecule has 0 aliphatic rings. The number of carbonyl (C=O) groups is 2. The van der Waals surface area contributed by atoms with Crippen molar-refractivity contribution in [2.45, 2.75) is 33.0 Å². The van der Waals surface area contributed by atoms with E-state index in [1.165, 1.54) is 6.92 Å². The van der Waals surface area contributed by atoms with Gasteiger partial charge in [0, 0.05) is 18.5 Å². The zero-order valence-corrected chi connectivity index (χ0v) is 10.8. The highest BCUT2D eigenvalue weighted by atomic mass is 28.4. The maximum Gasteiger partial charge on any atom is 0.333 e. The van der Waals surface area contributed by atoms with Crippen LogP contribution in [0.5, 0.6) is 0 Å². The predicted molar refractivity (Wildman–Crippen MR) is 59.8 cm³/mol. The van der Waals surface area contributed by atoms with Crippen LogP contribution in [0.3, 0.4) is 0 Å². The van der Waals surface area contributed by atoms with Gasteiger partial charge in [0.2, 0.25) is 0 Å². The molecule has 0 amide bonds. The van der Waals surface area contributed by atoms with Gasteiger partial charge in [-0.15, -0.1) is 0 Å². The van der Waals surface area contributed by atoms with Gasteiger partial charge in [0.15, 0.2) is 0 Å². The van der Waals surface area contributed by atoms with Gasteiger partial charge in [-0.25, -0.2) is 4.79 Å². The smallest absolute Gasteiger partial charge is 0.333 e. The van der Waals surface area contributed by atoms with Crippen LogP contribution in [0.1, 0.15) is 13.8 Å². The highest BCUT2D eigenvalue weighted by Crippen LogP contribution is 2.11. The summed E-state index contributed by atoms with van der Waals surface area (Å²) >= 11 is 0. The van der Waals surface area contributed by atoms with Gasteiger partial charge in [-0.2, -0.15) is 0 Å². The molecule has 0 fully saturated rings. The van der Waals surface area contributed by atoms with Gasteiger partial charge in [0.25, 0.3) is 14.3 Å². The summed E-state index contributed by atoms with van der Waals surface area (Å²) in [6.45, 7) is 10.5. The minimum absolute atomic E-state index is 0.276. The third-order valence-corrected chi connectivity index (χ3v) is 3.95. The van der Waals surface area contributed by atoms with Crippen LogP contribution in [-0.4, -0.2) is 26.9 Å². The molecule has 0 aromatic rings. The Balaban J connectivity index is 3.89. The van der Waals surface area contributed by atoms with Crippen LogP contribution in [0.4, 0.5) is 0 Å². The number of esters is 1. The van der Waals surface area contributed by atoms with E-state index in [4.69, 9.17) is 9.16 Å². The van der Waals surface area contributed by atoms with Crippen LogP contribution in [0.2, 0.25) is 19.1 Å². The second-order valence-electron chi connectivity index (χ2n) is 4.02. The maximum atomic E-state index is 11.0. The van der Waals surface area contributed by atoms with E-state index in [9.17, 15) is 9.59 Å². The Bertz CT molecular complexity index is 271. The average molecular weight is 230 g/mol. The van der Waals surface area contributed by atoms with Gasteiger partial charge in [-0.3, -0.25) is 4.79 Å². The lowest BCUT2D eigenvalue weighted by Gasteiger charge is -2.21. The van der Waals surface area contributed by atoms with Crippen LogP contribution < -0.4 is 0 Å². The van der Waals surface area contributed by atoms with E-state index in [0.29, 0.717) is 11.6 Å². The van der Waals surface area contributed by atoms with Crippen molar-refractivity contribution >= 4 is 20.3 Å². The van der Waals surface area contributed by atoms with E-state index in [1.54, 1.807) is 6.92 Å². The minimum atomic E-state index is -2.02. The van der Waals surface area contributed by atoms with Gasteiger partial charge in [0.1, 0.15) is 0 Å². The Kier molecular flexibility index (Phi) is 5.28. The summed E-state index contributed by atoms with van der Waals surface area (Å²) in [5, 5.41) is 0. The highest BCUT2D eigenvalue weighted by Gasteiger charge is 2.25. The highest BCUT2D eigenvalue weighted by molar-refractivity contribution is 6.72. The summed E-state index contributed by atoms with van der Waals surface area (Å²) in [7, 11) is -2.02. The molecule has 0 aromatic carbocycles. The number of ether oxygens (including phenoxy) is 1. The molecule has 15 heavy (non-hydrogen) atoms. The summed E-state index contributed by atoms with van der Waals surface area (Å²) in [5.74, 6) is -0.680. The normalized spacial score (nSPS) is 10.7. The first-order valence-corrected chi connectivity index (χ1v) is 7.88. The van der Waals surface area contributed by atoms with E-state index < -0.39 is 14.3 Å². The van der Waals surface area contributed by atoms with Crippen molar-refractivity contribution in [3.63, 3.8) is 0 Å². The van der Waals surface area contributed by atoms with Crippen LogP contribution in [0.25, 0.3) is 0 Å².